The number of carbonyl (C=O) groups excluding carboxylic acids is 2. The zero-order valence-corrected chi connectivity index (χ0v) is 27.6. The van der Waals surface area contributed by atoms with Gasteiger partial charge in [-0.25, -0.2) is 18.1 Å². The van der Waals surface area contributed by atoms with E-state index in [-0.39, 0.29) is 28.7 Å². The molecule has 2 amide bonds. The molecule has 256 valence electrons. The molecule has 0 radical (unpaired) electrons. The van der Waals surface area contributed by atoms with Gasteiger partial charge < -0.3 is 24.4 Å². The van der Waals surface area contributed by atoms with E-state index in [0.29, 0.717) is 35.4 Å². The highest BCUT2D eigenvalue weighted by atomic mass is 19.1. The number of carbonyl (C=O) groups is 2. The lowest BCUT2D eigenvalue weighted by Crippen LogP contribution is -2.48. The van der Waals surface area contributed by atoms with Crippen molar-refractivity contribution in [3.05, 3.63) is 129 Å². The number of amides is 2. The number of hydrogen-bond donors (Lipinski definition) is 1. The van der Waals surface area contributed by atoms with Crippen LogP contribution < -0.4 is 21.0 Å². The van der Waals surface area contributed by atoms with Crippen molar-refractivity contribution in [3.63, 3.8) is 0 Å². The number of ketones is 1. The number of urea groups is 1. The van der Waals surface area contributed by atoms with Crippen LogP contribution in [0.15, 0.2) is 94.9 Å². The molecule has 5 aromatic rings. The highest BCUT2D eigenvalue weighted by molar-refractivity contribution is 6.06. The predicted octanol–water partition coefficient (Wildman–Crippen LogP) is 5.85. The van der Waals surface area contributed by atoms with Gasteiger partial charge in [0.25, 0.3) is 5.56 Å². The number of piperazine rings is 1. The Hall–Kier alpha value is -5.95. The summed E-state index contributed by atoms with van der Waals surface area (Å²) in [6, 6.07) is 12.9. The monoisotopic (exact) mass is 680 g/mol. The smallest absolute Gasteiger partial charge is 0.321 e. The van der Waals surface area contributed by atoms with Crippen molar-refractivity contribution in [1.29, 1.82) is 0 Å². The van der Waals surface area contributed by atoms with Crippen LogP contribution in [0.5, 0.6) is 11.5 Å². The van der Waals surface area contributed by atoms with E-state index in [2.05, 4.69) is 15.3 Å². The van der Waals surface area contributed by atoms with Gasteiger partial charge in [-0.15, -0.1) is 0 Å². The van der Waals surface area contributed by atoms with Crippen LogP contribution in [0.2, 0.25) is 0 Å². The fraction of sp³-hybridized carbons (Fsp3) is 0.216. The first-order chi connectivity index (χ1) is 24.0. The molecule has 0 saturated carbocycles. The molecule has 2 aromatic carbocycles. The molecule has 0 unspecified atom stereocenters. The molecule has 0 aliphatic carbocycles. The molecule has 0 bridgehead atoms. The van der Waals surface area contributed by atoms with Gasteiger partial charge in [0, 0.05) is 44.5 Å². The molecular formula is C37H34F2N6O5. The van der Waals surface area contributed by atoms with Crippen molar-refractivity contribution >= 4 is 29.1 Å². The topological polar surface area (TPSA) is 118 Å². The van der Waals surface area contributed by atoms with E-state index < -0.39 is 34.4 Å². The van der Waals surface area contributed by atoms with Crippen LogP contribution in [0.1, 0.15) is 35.8 Å². The molecule has 1 aliphatic heterocycles. The van der Waals surface area contributed by atoms with Gasteiger partial charge in [0.1, 0.15) is 11.3 Å². The number of ether oxygens (including phenoxy) is 1. The second kappa shape index (κ2) is 14.3. The van der Waals surface area contributed by atoms with Crippen LogP contribution >= 0.6 is 0 Å². The number of likely N-dealkylation sites (N-methyl/N-ethyl adjacent to an activating group) is 1. The molecule has 1 N–H and O–H groups in total. The fourth-order valence-electron chi connectivity index (χ4n) is 5.52. The van der Waals surface area contributed by atoms with Gasteiger partial charge in [-0.2, -0.15) is 5.10 Å². The summed E-state index contributed by atoms with van der Waals surface area (Å²) in [7, 11) is 2.00. The van der Waals surface area contributed by atoms with Gasteiger partial charge in [0.15, 0.2) is 28.5 Å². The lowest BCUT2D eigenvalue weighted by atomic mass is 10.1. The van der Waals surface area contributed by atoms with Crippen LogP contribution in [0.25, 0.3) is 22.7 Å². The third-order valence-electron chi connectivity index (χ3n) is 8.37. The Kier molecular flexibility index (Phi) is 9.68. The van der Waals surface area contributed by atoms with Gasteiger partial charge >= 0.3 is 6.03 Å². The number of hydrogen-bond acceptors (Lipinski definition) is 7. The SMILES string of the molecule is CC(C)n1cc(C(=O)/C=C/c2ccc(Oc3cc(NC(=O)N4CCN(C)CC4)cn4nccc34)c(F)c2)c(=O)cc(-c2ccc(F)cc2)c1=O. The first-order valence-electron chi connectivity index (χ1n) is 15.9. The number of rotatable bonds is 8. The number of benzene rings is 2. The minimum atomic E-state index is -0.725. The summed E-state index contributed by atoms with van der Waals surface area (Å²) in [5.41, 5.74) is 0.167. The number of allylic oxidation sites excluding steroid dienone is 1. The molecule has 3 aromatic heterocycles. The van der Waals surface area contributed by atoms with E-state index in [0.717, 1.165) is 25.2 Å². The summed E-state index contributed by atoms with van der Waals surface area (Å²) in [6.07, 6.45) is 6.89. The zero-order chi connectivity index (χ0) is 35.5. The van der Waals surface area contributed by atoms with Gasteiger partial charge in [0.05, 0.1) is 29.2 Å². The number of halogens is 2. The van der Waals surface area contributed by atoms with Crippen molar-refractivity contribution in [1.82, 2.24) is 24.0 Å². The highest BCUT2D eigenvalue weighted by Gasteiger charge is 2.20. The molecule has 1 saturated heterocycles. The zero-order valence-electron chi connectivity index (χ0n) is 27.6. The standard InChI is InChI=1S/C37H34F2N6O5/c1-23(2)44-22-29(33(47)20-28(36(44)48)25-6-8-26(38)9-7-25)32(46)10-4-24-5-11-34(30(39)18-24)50-35-19-27(21-45-31(35)12-13-40-45)41-37(49)43-16-14-42(3)15-17-43/h4-13,18-23H,14-17H2,1-3H3,(H,41,49)/b10-4+. The number of fused-ring (bicyclic) bond motifs is 1. The van der Waals surface area contributed by atoms with Crippen LogP contribution in [0, 0.1) is 11.6 Å². The molecule has 0 spiro atoms. The summed E-state index contributed by atoms with van der Waals surface area (Å²) < 4.78 is 37.6. The third-order valence-corrected chi connectivity index (χ3v) is 8.37. The second-order valence-corrected chi connectivity index (χ2v) is 12.2. The van der Waals surface area contributed by atoms with Crippen molar-refractivity contribution in [3.8, 4) is 22.6 Å². The number of pyridine rings is 1. The Morgan fingerprint density at radius 3 is 2.36 bits per heavy atom. The van der Waals surface area contributed by atoms with Gasteiger partial charge in [0.2, 0.25) is 0 Å². The van der Waals surface area contributed by atoms with E-state index in [9.17, 15) is 23.6 Å². The van der Waals surface area contributed by atoms with Crippen LogP contribution in [0.4, 0.5) is 19.3 Å². The first kappa shape index (κ1) is 33.9. The number of nitrogens with zero attached hydrogens (tertiary/aromatic N) is 5. The average Bonchev–Trinajstić information content (AvgIpc) is 3.52. The summed E-state index contributed by atoms with van der Waals surface area (Å²) in [5.74, 6) is -1.76. The quantitative estimate of drug-likeness (QED) is 0.161. The molecule has 1 aliphatic rings. The lowest BCUT2D eigenvalue weighted by Gasteiger charge is -2.32. The van der Waals surface area contributed by atoms with Crippen molar-refractivity contribution in [2.45, 2.75) is 19.9 Å². The highest BCUT2D eigenvalue weighted by Crippen LogP contribution is 2.31. The van der Waals surface area contributed by atoms with Gasteiger partial charge in [-0.05, 0) is 74.5 Å². The Labute approximate surface area is 285 Å². The van der Waals surface area contributed by atoms with E-state index in [1.165, 1.54) is 63.8 Å². The minimum Gasteiger partial charge on any atom is -0.452 e. The maximum Gasteiger partial charge on any atom is 0.321 e. The maximum atomic E-state index is 15.4. The molecule has 50 heavy (non-hydrogen) atoms. The van der Waals surface area contributed by atoms with E-state index in [1.807, 2.05) is 7.05 Å². The molecule has 6 rings (SSSR count). The Morgan fingerprint density at radius 1 is 0.920 bits per heavy atom. The van der Waals surface area contributed by atoms with Gasteiger partial charge in [-0.3, -0.25) is 14.4 Å². The predicted molar refractivity (Wildman–Crippen MR) is 186 cm³/mol. The van der Waals surface area contributed by atoms with Crippen LogP contribution in [-0.2, 0) is 0 Å². The number of anilines is 1. The Morgan fingerprint density at radius 2 is 1.66 bits per heavy atom. The lowest BCUT2D eigenvalue weighted by molar-refractivity contribution is 0.104. The fourth-order valence-corrected chi connectivity index (χ4v) is 5.52. The van der Waals surface area contributed by atoms with Crippen molar-refractivity contribution in [2.75, 3.05) is 38.5 Å². The van der Waals surface area contributed by atoms with Crippen molar-refractivity contribution < 1.29 is 23.1 Å². The first-order valence-corrected chi connectivity index (χ1v) is 15.9. The summed E-state index contributed by atoms with van der Waals surface area (Å²) in [5, 5.41) is 7.11. The molecule has 13 heteroatoms. The van der Waals surface area contributed by atoms with E-state index in [4.69, 9.17) is 4.74 Å². The second-order valence-electron chi connectivity index (χ2n) is 12.2. The average molecular weight is 681 g/mol. The summed E-state index contributed by atoms with van der Waals surface area (Å²) in [6.45, 7) is 6.18. The number of nitrogens with one attached hydrogen (secondary N) is 1. The summed E-state index contributed by atoms with van der Waals surface area (Å²) in [4.78, 5) is 56.5. The molecule has 11 nitrogen and oxygen atoms in total. The minimum absolute atomic E-state index is 0.0283. The van der Waals surface area contributed by atoms with Crippen LogP contribution in [-0.4, -0.2) is 69.0 Å². The Bertz CT molecular complexity index is 2240. The molecule has 4 heterocycles. The Balaban J connectivity index is 1.22. The molecular weight excluding hydrogens is 646 g/mol. The third kappa shape index (κ3) is 7.37. The summed E-state index contributed by atoms with van der Waals surface area (Å²) >= 11 is 0. The number of aromatic nitrogens is 3. The normalized spacial score (nSPS) is 13.7. The van der Waals surface area contributed by atoms with Crippen LogP contribution in [0.3, 0.4) is 0 Å². The largest absolute Gasteiger partial charge is 0.452 e. The molecule has 1 fully saturated rings. The molecule has 0 atom stereocenters. The van der Waals surface area contributed by atoms with E-state index >= 15 is 4.39 Å². The van der Waals surface area contributed by atoms with Crippen molar-refractivity contribution in [2.24, 2.45) is 0 Å². The van der Waals surface area contributed by atoms with E-state index in [1.54, 1.807) is 43.3 Å². The van der Waals surface area contributed by atoms with Gasteiger partial charge in [-0.1, -0.05) is 24.3 Å². The maximum absolute atomic E-state index is 15.4.